The summed E-state index contributed by atoms with van der Waals surface area (Å²) >= 11 is 1.65. The van der Waals surface area contributed by atoms with Gasteiger partial charge in [0.25, 0.3) is 5.91 Å². The highest BCUT2D eigenvalue weighted by atomic mass is 32.1. The van der Waals surface area contributed by atoms with E-state index in [1.165, 1.54) is 4.88 Å². The highest BCUT2D eigenvalue weighted by Crippen LogP contribution is 2.23. The Kier molecular flexibility index (Phi) is 6.19. The number of nitrogens with zero attached hydrogens (tertiary/aromatic N) is 1. The van der Waals surface area contributed by atoms with Crippen molar-refractivity contribution in [2.24, 2.45) is 0 Å². The van der Waals surface area contributed by atoms with E-state index in [1.807, 2.05) is 55.6 Å². The van der Waals surface area contributed by atoms with Crippen molar-refractivity contribution in [2.75, 3.05) is 13.2 Å². The number of pyridine rings is 1. The molecular formula is C21H22N2O3S. The van der Waals surface area contributed by atoms with Crippen LogP contribution in [0.1, 0.15) is 21.7 Å². The molecule has 0 spiro atoms. The molecule has 0 aliphatic rings. The van der Waals surface area contributed by atoms with E-state index >= 15 is 0 Å². The Morgan fingerprint density at radius 3 is 2.74 bits per heavy atom. The summed E-state index contributed by atoms with van der Waals surface area (Å²) in [5, 5.41) is 5.79. The van der Waals surface area contributed by atoms with Crippen LogP contribution in [0.15, 0.2) is 41.8 Å². The minimum absolute atomic E-state index is 0.109. The Morgan fingerprint density at radius 1 is 1.15 bits per heavy atom. The van der Waals surface area contributed by atoms with E-state index in [0.717, 1.165) is 34.1 Å². The van der Waals surface area contributed by atoms with E-state index in [9.17, 15) is 9.59 Å². The molecule has 0 radical (unpaired) electrons. The maximum absolute atomic E-state index is 12.2. The van der Waals surface area contributed by atoms with Crippen LogP contribution < -0.4 is 5.32 Å². The molecule has 5 nitrogen and oxygen atoms in total. The number of benzene rings is 1. The van der Waals surface area contributed by atoms with Crippen LogP contribution in [-0.2, 0) is 27.2 Å². The second-order valence-electron chi connectivity index (χ2n) is 6.33. The van der Waals surface area contributed by atoms with Crippen LogP contribution in [0, 0.1) is 13.8 Å². The fourth-order valence-corrected chi connectivity index (χ4v) is 3.71. The molecule has 3 rings (SSSR count). The highest BCUT2D eigenvalue weighted by molar-refractivity contribution is 7.09. The zero-order valence-electron chi connectivity index (χ0n) is 15.5. The number of para-hydroxylation sites is 1. The lowest BCUT2D eigenvalue weighted by Gasteiger charge is -2.12. The van der Waals surface area contributed by atoms with Crippen molar-refractivity contribution in [2.45, 2.75) is 26.7 Å². The molecule has 1 amide bonds. The Bertz CT molecular complexity index is 951. The van der Waals surface area contributed by atoms with Gasteiger partial charge in [-0.1, -0.05) is 24.3 Å². The number of thiophene rings is 1. The molecule has 0 saturated heterocycles. The Hall–Kier alpha value is -2.73. The topological polar surface area (TPSA) is 68.3 Å². The van der Waals surface area contributed by atoms with Gasteiger partial charge in [0.2, 0.25) is 0 Å². The molecular weight excluding hydrogens is 360 g/mol. The van der Waals surface area contributed by atoms with Gasteiger partial charge in [-0.05, 0) is 48.9 Å². The van der Waals surface area contributed by atoms with Crippen LogP contribution in [-0.4, -0.2) is 30.0 Å². The molecule has 2 aromatic heterocycles. The highest BCUT2D eigenvalue weighted by Gasteiger charge is 2.15. The lowest BCUT2D eigenvalue weighted by molar-refractivity contribution is -0.147. The van der Waals surface area contributed by atoms with Crippen molar-refractivity contribution < 1.29 is 14.3 Å². The van der Waals surface area contributed by atoms with E-state index in [4.69, 9.17) is 4.74 Å². The summed E-state index contributed by atoms with van der Waals surface area (Å²) in [6, 6.07) is 11.9. The SMILES string of the molecule is Cc1nc2ccccc2c(C)c1CC(=O)OCC(=O)NCCc1cccs1. The van der Waals surface area contributed by atoms with E-state index in [1.54, 1.807) is 11.3 Å². The molecule has 0 aliphatic carbocycles. The summed E-state index contributed by atoms with van der Waals surface area (Å²) in [6.45, 7) is 4.14. The molecule has 0 saturated carbocycles. The third-order valence-electron chi connectivity index (χ3n) is 4.44. The van der Waals surface area contributed by atoms with Crippen LogP contribution in [0.4, 0.5) is 0 Å². The first kappa shape index (κ1) is 19.0. The van der Waals surface area contributed by atoms with Crippen molar-refractivity contribution in [3.05, 3.63) is 63.5 Å². The van der Waals surface area contributed by atoms with Gasteiger partial charge in [0.05, 0.1) is 11.9 Å². The van der Waals surface area contributed by atoms with Crippen LogP contribution in [0.5, 0.6) is 0 Å². The van der Waals surface area contributed by atoms with Crippen LogP contribution in [0.2, 0.25) is 0 Å². The monoisotopic (exact) mass is 382 g/mol. The van der Waals surface area contributed by atoms with E-state index in [2.05, 4.69) is 10.3 Å². The standard InChI is InChI=1S/C21H22N2O3S/c1-14-17-7-3-4-8-19(17)23-15(2)18(14)12-21(25)26-13-20(24)22-10-9-16-6-5-11-27-16/h3-8,11H,9-10,12-13H2,1-2H3,(H,22,24). The maximum Gasteiger partial charge on any atom is 0.310 e. The molecule has 2 heterocycles. The maximum atomic E-state index is 12.2. The Morgan fingerprint density at radius 2 is 1.96 bits per heavy atom. The largest absolute Gasteiger partial charge is 0.455 e. The number of amides is 1. The molecule has 0 aliphatic heterocycles. The zero-order chi connectivity index (χ0) is 19.2. The fourth-order valence-electron chi connectivity index (χ4n) is 3.00. The number of hydrogen-bond donors (Lipinski definition) is 1. The summed E-state index contributed by atoms with van der Waals surface area (Å²) < 4.78 is 5.14. The van der Waals surface area contributed by atoms with Crippen molar-refractivity contribution in [1.29, 1.82) is 0 Å². The molecule has 27 heavy (non-hydrogen) atoms. The molecule has 0 fully saturated rings. The Balaban J connectivity index is 1.52. The molecule has 0 bridgehead atoms. The summed E-state index contributed by atoms with van der Waals surface area (Å²) in [6.07, 6.45) is 0.885. The summed E-state index contributed by atoms with van der Waals surface area (Å²) in [4.78, 5) is 29.8. The average molecular weight is 382 g/mol. The van der Waals surface area contributed by atoms with Crippen LogP contribution in [0.25, 0.3) is 10.9 Å². The first-order chi connectivity index (χ1) is 13.0. The number of rotatable bonds is 7. The average Bonchev–Trinajstić information content (AvgIpc) is 3.17. The number of carbonyl (C=O) groups is 2. The lowest BCUT2D eigenvalue weighted by atomic mass is 10.00. The van der Waals surface area contributed by atoms with Gasteiger partial charge in [-0.15, -0.1) is 11.3 Å². The van der Waals surface area contributed by atoms with Gasteiger partial charge in [0.1, 0.15) is 0 Å². The molecule has 0 atom stereocenters. The van der Waals surface area contributed by atoms with Gasteiger partial charge < -0.3 is 10.1 Å². The minimum atomic E-state index is -0.424. The van der Waals surface area contributed by atoms with Gasteiger partial charge >= 0.3 is 5.97 Å². The third-order valence-corrected chi connectivity index (χ3v) is 5.38. The van der Waals surface area contributed by atoms with Gasteiger partial charge in [0.15, 0.2) is 6.61 Å². The van der Waals surface area contributed by atoms with Gasteiger partial charge in [-0.25, -0.2) is 0 Å². The van der Waals surface area contributed by atoms with Crippen LogP contribution >= 0.6 is 11.3 Å². The predicted octanol–water partition coefficient (Wildman–Crippen LogP) is 3.36. The molecule has 3 aromatic rings. The second-order valence-corrected chi connectivity index (χ2v) is 7.37. The second kappa shape index (κ2) is 8.77. The van der Waals surface area contributed by atoms with Crippen molar-refractivity contribution in [3.63, 3.8) is 0 Å². The zero-order valence-corrected chi connectivity index (χ0v) is 16.3. The molecule has 140 valence electrons. The van der Waals surface area contributed by atoms with E-state index in [0.29, 0.717) is 6.54 Å². The summed E-state index contributed by atoms with van der Waals surface area (Å²) in [5.74, 6) is -0.711. The Labute approximate surface area is 162 Å². The number of ether oxygens (including phenoxy) is 1. The molecule has 6 heteroatoms. The first-order valence-electron chi connectivity index (χ1n) is 8.84. The first-order valence-corrected chi connectivity index (χ1v) is 9.72. The van der Waals surface area contributed by atoms with Gasteiger partial charge in [0, 0.05) is 22.5 Å². The number of esters is 1. The van der Waals surface area contributed by atoms with E-state index < -0.39 is 5.97 Å². The number of hydrogen-bond acceptors (Lipinski definition) is 5. The van der Waals surface area contributed by atoms with Crippen molar-refractivity contribution in [1.82, 2.24) is 10.3 Å². The number of carbonyl (C=O) groups excluding carboxylic acids is 2. The summed E-state index contributed by atoms with van der Waals surface area (Å²) in [7, 11) is 0. The predicted molar refractivity (Wildman–Crippen MR) is 107 cm³/mol. The normalized spacial score (nSPS) is 10.7. The third kappa shape index (κ3) is 4.92. The van der Waals surface area contributed by atoms with E-state index in [-0.39, 0.29) is 18.9 Å². The smallest absolute Gasteiger partial charge is 0.310 e. The number of aryl methyl sites for hydroxylation is 2. The minimum Gasteiger partial charge on any atom is -0.455 e. The number of nitrogens with one attached hydrogen (secondary N) is 1. The quantitative estimate of drug-likeness (QED) is 0.636. The molecule has 1 aromatic carbocycles. The number of aromatic nitrogens is 1. The van der Waals surface area contributed by atoms with Gasteiger partial charge in [-0.2, -0.15) is 0 Å². The summed E-state index contributed by atoms with van der Waals surface area (Å²) in [5.41, 5.74) is 3.60. The molecule has 0 unspecified atom stereocenters. The number of fused-ring (bicyclic) bond motifs is 1. The lowest BCUT2D eigenvalue weighted by Crippen LogP contribution is -2.30. The van der Waals surface area contributed by atoms with Crippen molar-refractivity contribution in [3.8, 4) is 0 Å². The van der Waals surface area contributed by atoms with Crippen molar-refractivity contribution >= 4 is 34.1 Å². The fraction of sp³-hybridized carbons (Fsp3) is 0.286. The van der Waals surface area contributed by atoms with Gasteiger partial charge in [-0.3, -0.25) is 14.6 Å². The van der Waals surface area contributed by atoms with Crippen LogP contribution in [0.3, 0.4) is 0 Å². The molecule has 1 N–H and O–H groups in total.